The molecule has 4 heteroatoms. The molecular formula is C9H13BrFNS. The van der Waals surface area contributed by atoms with E-state index in [1.165, 1.54) is 13.8 Å². The maximum Gasteiger partial charge on any atom is 0.124 e. The molecule has 1 rings (SSSR count). The van der Waals surface area contributed by atoms with Crippen molar-refractivity contribution in [2.75, 3.05) is 0 Å². The smallest absolute Gasteiger partial charge is 0.124 e. The lowest BCUT2D eigenvalue weighted by Crippen LogP contribution is -2.31. The van der Waals surface area contributed by atoms with Crippen molar-refractivity contribution in [3.8, 4) is 0 Å². The molecule has 1 aromatic rings. The molecule has 74 valence electrons. The van der Waals surface area contributed by atoms with Crippen LogP contribution in [0, 0.1) is 6.92 Å². The van der Waals surface area contributed by atoms with Gasteiger partial charge in [0.05, 0.1) is 9.83 Å². The van der Waals surface area contributed by atoms with Gasteiger partial charge in [-0.25, -0.2) is 4.39 Å². The first-order valence-electron chi connectivity index (χ1n) is 4.02. The fourth-order valence-corrected chi connectivity index (χ4v) is 2.89. The predicted octanol–water partition coefficient (Wildman–Crippen LogP) is 3.57. The summed E-state index contributed by atoms with van der Waals surface area (Å²) in [5.74, 6) is 0. The second-order valence-electron chi connectivity index (χ2n) is 3.60. The molecule has 13 heavy (non-hydrogen) atoms. The van der Waals surface area contributed by atoms with Crippen molar-refractivity contribution >= 4 is 27.3 Å². The van der Waals surface area contributed by atoms with E-state index in [9.17, 15) is 4.39 Å². The number of hydrogen-bond acceptors (Lipinski definition) is 2. The summed E-state index contributed by atoms with van der Waals surface area (Å²) in [5.41, 5.74) is 5.32. The summed E-state index contributed by atoms with van der Waals surface area (Å²) < 4.78 is 14.5. The van der Waals surface area contributed by atoms with Crippen molar-refractivity contribution in [1.82, 2.24) is 0 Å². The average molecular weight is 266 g/mol. The van der Waals surface area contributed by atoms with Crippen LogP contribution in [-0.4, -0.2) is 5.67 Å². The summed E-state index contributed by atoms with van der Waals surface area (Å²) in [6.45, 7) is 4.96. The second-order valence-corrected chi connectivity index (χ2v) is 6.24. The average Bonchev–Trinajstić information content (AvgIpc) is 2.26. The summed E-state index contributed by atoms with van der Waals surface area (Å²) in [7, 11) is 0. The Bertz CT molecular complexity index is 303. The molecule has 1 nitrogen and oxygen atoms in total. The third kappa shape index (κ3) is 2.51. The zero-order valence-corrected chi connectivity index (χ0v) is 10.3. The molecule has 0 saturated carbocycles. The van der Waals surface area contributed by atoms with Gasteiger partial charge in [0.1, 0.15) is 5.67 Å². The quantitative estimate of drug-likeness (QED) is 0.870. The number of rotatable bonds is 2. The van der Waals surface area contributed by atoms with Crippen LogP contribution in [0.25, 0.3) is 0 Å². The monoisotopic (exact) mass is 265 g/mol. The van der Waals surface area contributed by atoms with Crippen molar-refractivity contribution < 1.29 is 4.39 Å². The summed E-state index contributed by atoms with van der Waals surface area (Å²) in [6.07, 6.45) is 0. The molecule has 1 heterocycles. The molecule has 0 radical (unpaired) electrons. The molecule has 0 saturated heterocycles. The Morgan fingerprint density at radius 1 is 1.62 bits per heavy atom. The Labute approximate surface area is 90.3 Å². The van der Waals surface area contributed by atoms with Gasteiger partial charge in [-0.3, -0.25) is 0 Å². The third-order valence-corrected chi connectivity index (χ3v) is 3.57. The lowest BCUT2D eigenvalue weighted by molar-refractivity contribution is 0.174. The number of aryl methyl sites for hydroxylation is 1. The number of alkyl halides is 1. The van der Waals surface area contributed by atoms with Crippen LogP contribution in [-0.2, 0) is 0 Å². The highest BCUT2D eigenvalue weighted by molar-refractivity contribution is 9.11. The Morgan fingerprint density at radius 3 is 2.46 bits per heavy atom. The first-order valence-corrected chi connectivity index (χ1v) is 5.63. The Hall–Kier alpha value is 0.0700. The summed E-state index contributed by atoms with van der Waals surface area (Å²) >= 11 is 4.94. The zero-order valence-electron chi connectivity index (χ0n) is 7.90. The van der Waals surface area contributed by atoms with Gasteiger partial charge in [-0.05, 0) is 48.3 Å². The van der Waals surface area contributed by atoms with Crippen molar-refractivity contribution in [2.45, 2.75) is 32.5 Å². The predicted molar refractivity (Wildman–Crippen MR) is 58.9 cm³/mol. The molecule has 1 unspecified atom stereocenters. The van der Waals surface area contributed by atoms with Gasteiger partial charge in [0.15, 0.2) is 0 Å². The zero-order chi connectivity index (χ0) is 10.2. The van der Waals surface area contributed by atoms with E-state index in [1.54, 1.807) is 11.3 Å². The molecule has 0 aliphatic carbocycles. The van der Waals surface area contributed by atoms with Crippen molar-refractivity contribution in [3.05, 3.63) is 20.3 Å². The van der Waals surface area contributed by atoms with Gasteiger partial charge in [-0.1, -0.05) is 0 Å². The molecule has 0 fully saturated rings. The highest BCUT2D eigenvalue weighted by atomic mass is 79.9. The molecule has 2 N–H and O–H groups in total. The maximum absolute atomic E-state index is 13.5. The third-order valence-electron chi connectivity index (χ3n) is 2.00. The molecule has 1 atom stereocenters. The second kappa shape index (κ2) is 3.67. The van der Waals surface area contributed by atoms with E-state index in [2.05, 4.69) is 15.9 Å². The number of thiophene rings is 1. The SMILES string of the molecule is Cc1sc(Br)cc1C(N)C(C)(C)F. The number of hydrogen-bond donors (Lipinski definition) is 1. The highest BCUT2D eigenvalue weighted by Gasteiger charge is 2.28. The van der Waals surface area contributed by atoms with Crippen molar-refractivity contribution in [3.63, 3.8) is 0 Å². The van der Waals surface area contributed by atoms with Gasteiger partial charge in [0, 0.05) is 4.88 Å². The Morgan fingerprint density at radius 2 is 2.15 bits per heavy atom. The van der Waals surface area contributed by atoms with Crippen LogP contribution in [0.5, 0.6) is 0 Å². The van der Waals surface area contributed by atoms with Gasteiger partial charge in [0.2, 0.25) is 0 Å². The number of nitrogens with two attached hydrogens (primary N) is 1. The van der Waals surface area contributed by atoms with E-state index < -0.39 is 11.7 Å². The standard InChI is InChI=1S/C9H13BrFNS/c1-5-6(4-7(10)13-5)8(12)9(2,3)11/h4,8H,12H2,1-3H3. The summed E-state index contributed by atoms with van der Waals surface area (Å²) in [5, 5.41) is 0. The lowest BCUT2D eigenvalue weighted by Gasteiger charge is -2.22. The number of halogens is 2. The normalized spacial score (nSPS) is 14.6. The fraction of sp³-hybridized carbons (Fsp3) is 0.556. The molecule has 0 aliphatic heterocycles. The van der Waals surface area contributed by atoms with Crippen LogP contribution in [0.15, 0.2) is 9.85 Å². The van der Waals surface area contributed by atoms with Gasteiger partial charge < -0.3 is 5.73 Å². The van der Waals surface area contributed by atoms with E-state index >= 15 is 0 Å². The topological polar surface area (TPSA) is 26.0 Å². The maximum atomic E-state index is 13.5. The molecule has 0 bridgehead atoms. The van der Waals surface area contributed by atoms with Gasteiger partial charge in [0.25, 0.3) is 0 Å². The Balaban J connectivity index is 3.01. The van der Waals surface area contributed by atoms with Gasteiger partial charge >= 0.3 is 0 Å². The molecule has 0 aromatic carbocycles. The molecule has 0 aliphatic rings. The summed E-state index contributed by atoms with van der Waals surface area (Å²) in [4.78, 5) is 1.07. The van der Waals surface area contributed by atoms with Crippen LogP contribution in [0.2, 0.25) is 0 Å². The summed E-state index contributed by atoms with van der Waals surface area (Å²) in [6, 6.07) is 1.35. The van der Waals surface area contributed by atoms with Gasteiger partial charge in [-0.2, -0.15) is 0 Å². The molecule has 1 aromatic heterocycles. The minimum absolute atomic E-state index is 0.546. The molecule has 0 spiro atoms. The lowest BCUT2D eigenvalue weighted by atomic mass is 9.95. The molecule has 0 amide bonds. The van der Waals surface area contributed by atoms with Crippen LogP contribution >= 0.6 is 27.3 Å². The first kappa shape index (κ1) is 11.1. The first-order chi connectivity index (χ1) is 5.82. The van der Waals surface area contributed by atoms with Crippen LogP contribution in [0.1, 0.15) is 30.3 Å². The largest absolute Gasteiger partial charge is 0.321 e. The van der Waals surface area contributed by atoms with Crippen LogP contribution in [0.3, 0.4) is 0 Å². The van der Waals surface area contributed by atoms with Gasteiger partial charge in [-0.15, -0.1) is 11.3 Å². The fourth-order valence-electron chi connectivity index (χ4n) is 1.14. The van der Waals surface area contributed by atoms with Crippen molar-refractivity contribution in [1.29, 1.82) is 0 Å². The Kier molecular flexibility index (Phi) is 3.15. The van der Waals surface area contributed by atoms with E-state index in [0.29, 0.717) is 0 Å². The molecular weight excluding hydrogens is 253 g/mol. The van der Waals surface area contributed by atoms with E-state index in [4.69, 9.17) is 5.73 Å². The minimum Gasteiger partial charge on any atom is -0.321 e. The minimum atomic E-state index is -1.37. The van der Waals surface area contributed by atoms with E-state index in [-0.39, 0.29) is 0 Å². The highest BCUT2D eigenvalue weighted by Crippen LogP contribution is 2.35. The van der Waals surface area contributed by atoms with Crippen LogP contribution in [0.4, 0.5) is 4.39 Å². The van der Waals surface area contributed by atoms with Crippen molar-refractivity contribution in [2.24, 2.45) is 5.73 Å². The van der Waals surface area contributed by atoms with Crippen LogP contribution < -0.4 is 5.73 Å². The van der Waals surface area contributed by atoms with E-state index in [1.807, 2.05) is 13.0 Å². The van der Waals surface area contributed by atoms with E-state index in [0.717, 1.165) is 14.2 Å².